The molecule has 0 aliphatic carbocycles. The van der Waals surface area contributed by atoms with Gasteiger partial charge in [-0.3, -0.25) is 0 Å². The number of nitrogens with zero attached hydrogens (tertiary/aromatic N) is 4. The standard InChI is InChI=1S/C62H49N4O2.Pt/c1-61(2,3)42-17-13-16-41(34-42)48-23-15-22-47-40-28-30-44(31-29-40)68-58-27-12-8-21-51(58)52-38-63-59(37-53(52)62(4,5)6)66-54-24-9-7-20-49(54)50-33-32-46(36-57(50)66)67-45-19-14-18-43(35-45)64-39-65(60(47)48)56-26-11-10-25-55(56)64;/h7-34,37-39H,1-6H3;/q-3;. The normalized spacial score (nSPS) is 12.1. The summed E-state index contributed by atoms with van der Waals surface area (Å²) in [6.45, 7) is 13.6. The Bertz CT molecular complexity index is 4120. The van der Waals surface area contributed by atoms with Gasteiger partial charge >= 0.3 is 0 Å². The van der Waals surface area contributed by atoms with E-state index in [2.05, 4.69) is 219 Å². The summed E-state index contributed by atoms with van der Waals surface area (Å²) in [5.41, 5.74) is 13.8. The van der Waals surface area contributed by atoms with Gasteiger partial charge in [-0.1, -0.05) is 162 Å². The summed E-state index contributed by atoms with van der Waals surface area (Å²) in [4.78, 5) is 5.23. The number of pyridine rings is 1. The van der Waals surface area contributed by atoms with Gasteiger partial charge in [-0.05, 0) is 96.5 Å². The van der Waals surface area contributed by atoms with Crippen LogP contribution in [0, 0.1) is 12.1 Å². The molecule has 14 rings (SSSR count). The topological polar surface area (TPSA) is 53.4 Å². The first kappa shape index (κ1) is 44.0. The molecule has 342 valence electrons. The maximum Gasteiger partial charge on any atom is 0.135 e. The van der Waals surface area contributed by atoms with Gasteiger partial charge in [0, 0.05) is 61.0 Å². The number of para-hydroxylation sites is 5. The summed E-state index contributed by atoms with van der Waals surface area (Å²) in [5.74, 6) is 0. The minimum Gasteiger partial charge on any atom is -0.510 e. The maximum atomic E-state index is 6.86. The zero-order valence-corrected chi connectivity index (χ0v) is 41.6. The van der Waals surface area contributed by atoms with Crippen LogP contribution in [0.4, 0.5) is 0 Å². The van der Waals surface area contributed by atoms with Crippen molar-refractivity contribution in [1.29, 1.82) is 0 Å². The van der Waals surface area contributed by atoms with Crippen molar-refractivity contribution in [2.75, 3.05) is 0 Å². The molecule has 1 aliphatic rings. The summed E-state index contributed by atoms with van der Waals surface area (Å²) in [5, 5.41) is 6.31. The smallest absolute Gasteiger partial charge is 0.135 e. The largest absolute Gasteiger partial charge is 0.510 e. The minimum absolute atomic E-state index is 0. The van der Waals surface area contributed by atoms with E-state index in [1.165, 1.54) is 5.56 Å². The van der Waals surface area contributed by atoms with E-state index in [9.17, 15) is 0 Å². The fraction of sp³-hybridized carbons (Fsp3) is 0.129. The number of imidazole rings is 1. The number of benzene rings is 8. The van der Waals surface area contributed by atoms with Gasteiger partial charge in [0.1, 0.15) is 16.8 Å². The van der Waals surface area contributed by atoms with Gasteiger partial charge in [-0.15, -0.1) is 29.1 Å². The predicted molar refractivity (Wildman–Crippen MR) is 281 cm³/mol. The van der Waals surface area contributed by atoms with Crippen LogP contribution in [-0.2, 0) is 31.9 Å². The molecule has 0 amide bonds. The number of hydrogen-bond donors (Lipinski definition) is 0. The average Bonchev–Trinajstić information content (AvgIpc) is 3.89. The van der Waals surface area contributed by atoms with Crippen LogP contribution < -0.4 is 0 Å². The minimum atomic E-state index is -0.243. The molecule has 0 atom stereocenters. The molecular weight excluding hydrogens is 1030 g/mol. The molecule has 6 nitrogen and oxygen atoms in total. The van der Waals surface area contributed by atoms with Gasteiger partial charge < -0.3 is 22.4 Å². The molecular formula is C62H49N4O2Pt-3. The molecule has 0 radical (unpaired) electrons. The van der Waals surface area contributed by atoms with Gasteiger partial charge in [-0.25, -0.2) is 4.98 Å². The van der Waals surface area contributed by atoms with E-state index in [1.54, 1.807) is 0 Å². The van der Waals surface area contributed by atoms with E-state index < -0.39 is 0 Å². The second-order valence-corrected chi connectivity index (χ2v) is 19.8. The molecule has 5 aromatic heterocycles. The Balaban J connectivity index is 0.00000520. The molecule has 0 N–H and O–H groups in total. The van der Waals surface area contributed by atoms with Crippen LogP contribution in [0.25, 0.3) is 105 Å². The van der Waals surface area contributed by atoms with Crippen molar-refractivity contribution in [1.82, 2.24) is 18.5 Å². The van der Waals surface area contributed by atoms with Crippen LogP contribution in [0.3, 0.4) is 0 Å². The first-order chi connectivity index (χ1) is 33.0. The van der Waals surface area contributed by atoms with Gasteiger partial charge in [-0.2, -0.15) is 24.3 Å². The zero-order valence-electron chi connectivity index (χ0n) is 39.3. The van der Waals surface area contributed by atoms with E-state index in [0.29, 0.717) is 11.2 Å². The van der Waals surface area contributed by atoms with Crippen LogP contribution in [0.5, 0.6) is 0 Å². The number of fused-ring (bicyclic) bond motifs is 5. The second kappa shape index (κ2) is 16.9. The van der Waals surface area contributed by atoms with Crippen molar-refractivity contribution >= 4 is 82.4 Å². The molecule has 0 saturated heterocycles. The summed E-state index contributed by atoms with van der Waals surface area (Å²) in [7, 11) is 0. The third-order valence-electron chi connectivity index (χ3n) is 13.2. The van der Waals surface area contributed by atoms with Crippen molar-refractivity contribution in [3.05, 3.63) is 212 Å². The Kier molecular flexibility index (Phi) is 10.8. The number of aromatic nitrogens is 4. The van der Waals surface area contributed by atoms with E-state index in [1.807, 2.05) is 36.5 Å². The third kappa shape index (κ3) is 7.74. The summed E-state index contributed by atoms with van der Waals surface area (Å²) in [6, 6.07) is 69.1. The predicted octanol–water partition coefficient (Wildman–Crippen LogP) is 16.6. The van der Waals surface area contributed by atoms with Crippen molar-refractivity contribution < 1.29 is 29.9 Å². The van der Waals surface area contributed by atoms with Crippen molar-refractivity contribution in [2.45, 2.75) is 52.4 Å². The fourth-order valence-corrected chi connectivity index (χ4v) is 9.84. The Morgan fingerprint density at radius 2 is 1.23 bits per heavy atom. The fourth-order valence-electron chi connectivity index (χ4n) is 9.84. The average molecular weight is 1080 g/mol. The molecule has 0 spiro atoms. The maximum absolute atomic E-state index is 6.86. The first-order valence-electron chi connectivity index (χ1n) is 23.3. The first-order valence-corrected chi connectivity index (χ1v) is 23.3. The van der Waals surface area contributed by atoms with Gasteiger partial charge in [0.15, 0.2) is 0 Å². The Hall–Kier alpha value is -7.53. The van der Waals surface area contributed by atoms with Crippen LogP contribution in [0.15, 0.2) is 197 Å². The molecule has 0 fully saturated rings. The van der Waals surface area contributed by atoms with E-state index in [-0.39, 0.29) is 31.9 Å². The summed E-state index contributed by atoms with van der Waals surface area (Å²) >= 11 is 0. The Morgan fingerprint density at radius 3 is 2.03 bits per heavy atom. The monoisotopic (exact) mass is 1080 g/mol. The molecule has 1 aliphatic heterocycles. The van der Waals surface area contributed by atoms with Crippen LogP contribution >= 0.6 is 0 Å². The van der Waals surface area contributed by atoms with Crippen LogP contribution in [-0.4, -0.2) is 18.5 Å². The van der Waals surface area contributed by atoms with Crippen LogP contribution in [0.2, 0.25) is 0 Å². The van der Waals surface area contributed by atoms with Crippen molar-refractivity contribution in [3.63, 3.8) is 0 Å². The number of rotatable bonds is 1. The van der Waals surface area contributed by atoms with Crippen molar-refractivity contribution in [2.24, 2.45) is 0 Å². The molecule has 7 heteroatoms. The molecule has 10 bridgehead atoms. The molecule has 13 aromatic rings. The second-order valence-electron chi connectivity index (χ2n) is 19.8. The van der Waals surface area contributed by atoms with E-state index in [0.717, 1.165) is 99.3 Å². The molecule has 6 heterocycles. The Morgan fingerprint density at radius 1 is 0.536 bits per heavy atom. The summed E-state index contributed by atoms with van der Waals surface area (Å²) < 4.78 is 20.3. The third-order valence-corrected chi connectivity index (χ3v) is 13.2. The SMILES string of the molecule is CC(C)(C)c1cccc(-c2cccc3c4ccc(cc4)oc4ccccc4c4cnc(cc4C(C)(C)C)n4c5[c-]c(ccc5c5ccccc54)oc4[c-]c(ccc4)n4[cH-]n(c23)-c2ccccc2-4)c1.[Pt]. The van der Waals surface area contributed by atoms with Gasteiger partial charge in [0.2, 0.25) is 0 Å². The van der Waals surface area contributed by atoms with E-state index in [4.69, 9.17) is 13.8 Å². The Labute approximate surface area is 415 Å². The molecule has 8 aromatic carbocycles. The summed E-state index contributed by atoms with van der Waals surface area (Å²) in [6.07, 6.45) is 4.18. The zero-order chi connectivity index (χ0) is 46.3. The van der Waals surface area contributed by atoms with Crippen LogP contribution in [0.1, 0.15) is 52.7 Å². The van der Waals surface area contributed by atoms with Gasteiger partial charge in [0.25, 0.3) is 0 Å². The van der Waals surface area contributed by atoms with Gasteiger partial charge in [0.05, 0.1) is 0 Å². The molecule has 0 unspecified atom stereocenters. The van der Waals surface area contributed by atoms with Crippen molar-refractivity contribution in [3.8, 4) is 22.5 Å². The quantitative estimate of drug-likeness (QED) is 0.154. The van der Waals surface area contributed by atoms with E-state index >= 15 is 0 Å². The molecule has 69 heavy (non-hydrogen) atoms. The molecule has 0 saturated carbocycles. The number of hydrogen-bond acceptors (Lipinski definition) is 3.